The minimum Gasteiger partial charge on any atom is -0.457 e. The lowest BCUT2D eigenvalue weighted by Gasteiger charge is -2.36. The Balaban J connectivity index is 1.02. The Morgan fingerprint density at radius 2 is 1.76 bits per heavy atom. The van der Waals surface area contributed by atoms with Crippen molar-refractivity contribution in [3.8, 4) is 17.2 Å². The first-order chi connectivity index (χ1) is 30.9. The molecule has 312 valence electrons. The molecular weight excluding hydrogens is 775 g/mol. The minimum absolute atomic E-state index is 0.142. The van der Waals surface area contributed by atoms with Crippen LogP contribution in [0.25, 0.3) is 16.8 Å². The number of rotatable bonds is 10. The molecule has 0 saturated carbocycles. The van der Waals surface area contributed by atoms with Crippen LogP contribution in [0.1, 0.15) is 57.9 Å². The maximum absolute atomic E-state index is 9.22. The zero-order chi connectivity index (χ0) is 43.3. The van der Waals surface area contributed by atoms with Crippen LogP contribution in [0.3, 0.4) is 0 Å². The highest BCUT2D eigenvalue weighted by atomic mass is 16.5. The standard InChI is InChI=1S/C56H51N5O2/c1-5-8-17-40-26-27-43(36-38(40)4)55(57)59-56(42-28-31-45(32-29-42)61-47-21-11-13-23-51(47)62-53-37-39(6-2)25-33-49(53)61)58-35-16-15-19-44(7-3)60-48-22-12-14-24-52(48)63-54-46-20-10-9-18-41(46)30-34-50(54)60/h6-12,14-22,24-25,28,30-37,42,57H,2-3,5,13,23,26-27,29H2,1,4H3/b16-15+,17-8-,44-19+,57-55?,58-35?,59-56?. The lowest BCUT2D eigenvalue weighted by Crippen LogP contribution is -2.29. The summed E-state index contributed by atoms with van der Waals surface area (Å²) in [5.74, 6) is 4.08. The number of fused-ring (bicyclic) bond motifs is 5. The van der Waals surface area contributed by atoms with Gasteiger partial charge < -0.3 is 19.3 Å². The number of aliphatic imine (C=N–C) groups is 2. The zero-order valence-corrected chi connectivity index (χ0v) is 35.9. The molecule has 63 heavy (non-hydrogen) atoms. The molecule has 0 fully saturated rings. The molecule has 2 heterocycles. The number of hydrogen-bond donors (Lipinski definition) is 1. The molecule has 0 aromatic heterocycles. The van der Waals surface area contributed by atoms with E-state index in [2.05, 4.69) is 134 Å². The number of nitrogens with zero attached hydrogens (tertiary/aromatic N) is 4. The number of anilines is 3. The van der Waals surface area contributed by atoms with Crippen LogP contribution in [-0.4, -0.2) is 17.9 Å². The molecule has 1 unspecified atom stereocenters. The molecule has 3 aliphatic carbocycles. The molecule has 0 saturated heterocycles. The first kappa shape index (κ1) is 40.9. The van der Waals surface area contributed by atoms with Crippen LogP contribution in [0.5, 0.6) is 17.2 Å². The van der Waals surface area contributed by atoms with Gasteiger partial charge in [-0.15, -0.1) is 0 Å². The number of nitrogens with one attached hydrogen (secondary N) is 1. The van der Waals surface area contributed by atoms with Crippen molar-refractivity contribution in [3.63, 3.8) is 0 Å². The van der Waals surface area contributed by atoms with E-state index in [0.717, 1.165) is 111 Å². The van der Waals surface area contributed by atoms with Gasteiger partial charge in [0.05, 0.1) is 22.8 Å². The number of ether oxygens (including phenoxy) is 2. The van der Waals surface area contributed by atoms with Crippen LogP contribution in [0.15, 0.2) is 214 Å². The SMILES string of the molecule is C=C/C(=C\C=C\C=NC(=NC(=N)C1=CC(C)=C(/C=C\CC)CC1)C1C=CC(N2C3=C(CCC=C3)Oc3cc(C=C)ccc32)=CC1)N1c2ccccc2Oc2c1ccc1ccccc21. The number of para-hydroxylation sites is 2. The van der Waals surface area contributed by atoms with Crippen molar-refractivity contribution in [2.75, 3.05) is 9.80 Å². The number of allylic oxidation sites excluding steroid dienone is 14. The van der Waals surface area contributed by atoms with Crippen molar-refractivity contribution in [3.05, 3.63) is 210 Å². The van der Waals surface area contributed by atoms with Gasteiger partial charge in [-0.1, -0.05) is 117 Å². The van der Waals surface area contributed by atoms with Gasteiger partial charge in [0.2, 0.25) is 0 Å². The summed E-state index contributed by atoms with van der Waals surface area (Å²) in [5, 5.41) is 11.4. The van der Waals surface area contributed by atoms with Gasteiger partial charge in [-0.3, -0.25) is 5.41 Å². The monoisotopic (exact) mass is 825 g/mol. The quantitative estimate of drug-likeness (QED) is 0.0982. The molecule has 0 bridgehead atoms. The average Bonchev–Trinajstić information content (AvgIpc) is 3.32. The van der Waals surface area contributed by atoms with E-state index in [0.29, 0.717) is 12.3 Å². The third-order valence-electron chi connectivity index (χ3n) is 11.9. The summed E-state index contributed by atoms with van der Waals surface area (Å²) in [6.07, 6.45) is 34.0. The van der Waals surface area contributed by atoms with E-state index in [9.17, 15) is 5.41 Å². The second-order valence-corrected chi connectivity index (χ2v) is 16.0. The van der Waals surface area contributed by atoms with Gasteiger partial charge >= 0.3 is 0 Å². The van der Waals surface area contributed by atoms with Crippen molar-refractivity contribution in [2.45, 2.75) is 52.4 Å². The number of hydrogen-bond acceptors (Lipinski definition) is 5. The van der Waals surface area contributed by atoms with Gasteiger partial charge in [-0.05, 0) is 127 Å². The normalized spacial score (nSPS) is 18.5. The Morgan fingerprint density at radius 3 is 2.59 bits per heavy atom. The van der Waals surface area contributed by atoms with Crippen LogP contribution in [0, 0.1) is 11.3 Å². The summed E-state index contributed by atoms with van der Waals surface area (Å²) < 4.78 is 13.0. The van der Waals surface area contributed by atoms with E-state index in [1.165, 1.54) is 11.1 Å². The van der Waals surface area contributed by atoms with Gasteiger partial charge in [0.25, 0.3) is 0 Å². The largest absolute Gasteiger partial charge is 0.457 e. The fourth-order valence-corrected chi connectivity index (χ4v) is 8.63. The summed E-state index contributed by atoms with van der Waals surface area (Å²) in [6, 6.07) is 26.8. The van der Waals surface area contributed by atoms with Crippen molar-refractivity contribution in [1.29, 1.82) is 5.41 Å². The zero-order valence-electron chi connectivity index (χ0n) is 35.9. The minimum atomic E-state index is -0.142. The van der Waals surface area contributed by atoms with E-state index in [-0.39, 0.29) is 11.8 Å². The Morgan fingerprint density at radius 1 is 0.905 bits per heavy atom. The molecule has 2 aliphatic heterocycles. The summed E-state index contributed by atoms with van der Waals surface area (Å²) in [7, 11) is 0. The Labute approximate surface area is 370 Å². The highest BCUT2D eigenvalue weighted by Crippen LogP contribution is 2.51. The maximum atomic E-state index is 9.22. The first-order valence-corrected chi connectivity index (χ1v) is 21.8. The lowest BCUT2D eigenvalue weighted by atomic mass is 9.92. The van der Waals surface area contributed by atoms with Crippen molar-refractivity contribution in [1.82, 2.24) is 0 Å². The Kier molecular flexibility index (Phi) is 11.8. The first-order valence-electron chi connectivity index (χ1n) is 21.8. The topological polar surface area (TPSA) is 73.5 Å². The number of benzene rings is 4. The predicted octanol–water partition coefficient (Wildman–Crippen LogP) is 14.7. The van der Waals surface area contributed by atoms with Gasteiger partial charge in [0, 0.05) is 35.3 Å². The highest BCUT2D eigenvalue weighted by Gasteiger charge is 2.31. The Bertz CT molecular complexity index is 2890. The number of amidine groups is 2. The van der Waals surface area contributed by atoms with Gasteiger partial charge in [-0.25, -0.2) is 9.98 Å². The lowest BCUT2D eigenvalue weighted by molar-refractivity contribution is 0.387. The molecule has 4 aromatic carbocycles. The van der Waals surface area contributed by atoms with E-state index in [4.69, 9.17) is 19.5 Å². The molecular formula is C56H51N5O2. The van der Waals surface area contributed by atoms with Crippen molar-refractivity contribution < 1.29 is 9.47 Å². The maximum Gasteiger partial charge on any atom is 0.159 e. The third-order valence-corrected chi connectivity index (χ3v) is 11.9. The Hall–Kier alpha value is -7.51. The average molecular weight is 826 g/mol. The summed E-state index contributed by atoms with van der Waals surface area (Å²) in [5.41, 5.74) is 10.3. The third kappa shape index (κ3) is 8.30. The van der Waals surface area contributed by atoms with Gasteiger partial charge in [0.1, 0.15) is 17.4 Å². The van der Waals surface area contributed by atoms with E-state index >= 15 is 0 Å². The molecule has 1 atom stereocenters. The van der Waals surface area contributed by atoms with E-state index < -0.39 is 0 Å². The van der Waals surface area contributed by atoms with Crippen LogP contribution in [0.2, 0.25) is 0 Å². The molecule has 5 aliphatic rings. The van der Waals surface area contributed by atoms with Crippen LogP contribution >= 0.6 is 0 Å². The molecule has 7 nitrogen and oxygen atoms in total. The van der Waals surface area contributed by atoms with Crippen molar-refractivity contribution >= 4 is 51.8 Å². The molecule has 4 aromatic rings. The molecule has 7 heteroatoms. The van der Waals surface area contributed by atoms with Gasteiger partial charge in [-0.2, -0.15) is 0 Å². The second kappa shape index (κ2) is 18.2. The highest BCUT2D eigenvalue weighted by molar-refractivity contribution is 6.08. The van der Waals surface area contributed by atoms with Gasteiger partial charge in [0.15, 0.2) is 17.2 Å². The smallest absolute Gasteiger partial charge is 0.159 e. The fourth-order valence-electron chi connectivity index (χ4n) is 8.63. The van der Waals surface area contributed by atoms with Crippen LogP contribution < -0.4 is 19.3 Å². The summed E-state index contributed by atoms with van der Waals surface area (Å²) in [6.45, 7) is 12.4. The summed E-state index contributed by atoms with van der Waals surface area (Å²) in [4.78, 5) is 14.4. The molecule has 1 N–H and O–H groups in total. The fraction of sp³-hybridized carbons (Fsp3) is 0.161. The molecule has 0 radical (unpaired) electrons. The molecule has 9 rings (SSSR count). The summed E-state index contributed by atoms with van der Waals surface area (Å²) >= 11 is 0. The van der Waals surface area contributed by atoms with Crippen LogP contribution in [0.4, 0.5) is 17.1 Å². The van der Waals surface area contributed by atoms with Crippen LogP contribution in [-0.2, 0) is 0 Å². The van der Waals surface area contributed by atoms with E-state index in [1.807, 2.05) is 60.7 Å². The molecule has 0 amide bonds. The predicted molar refractivity (Wildman–Crippen MR) is 263 cm³/mol. The molecule has 0 spiro atoms. The van der Waals surface area contributed by atoms with Crippen molar-refractivity contribution in [2.24, 2.45) is 15.9 Å². The van der Waals surface area contributed by atoms with E-state index in [1.54, 1.807) is 6.21 Å². The second-order valence-electron chi connectivity index (χ2n) is 16.0.